The Balaban J connectivity index is 2.15. The van der Waals surface area contributed by atoms with E-state index in [4.69, 9.17) is 10.00 Å². The molecule has 2 heterocycles. The van der Waals surface area contributed by atoms with Gasteiger partial charge in [0.15, 0.2) is 22.9 Å². The summed E-state index contributed by atoms with van der Waals surface area (Å²) in [5.74, 6) is -0.669. The third-order valence-electron chi connectivity index (χ3n) is 3.35. The van der Waals surface area contributed by atoms with Gasteiger partial charge in [-0.25, -0.2) is 9.78 Å². The summed E-state index contributed by atoms with van der Waals surface area (Å²) in [6.45, 7) is 1.85. The number of aromatic nitrogens is 2. The molecule has 2 aromatic heterocycles. The van der Waals surface area contributed by atoms with Crippen LogP contribution in [-0.2, 0) is 4.74 Å². The zero-order chi connectivity index (χ0) is 17.8. The fraction of sp³-hybridized carbons (Fsp3) is 0.118. The first-order valence-corrected chi connectivity index (χ1v) is 7.43. The predicted octanol–water partition coefficient (Wildman–Crippen LogP) is 3.50. The van der Waals surface area contributed by atoms with E-state index in [0.717, 1.165) is 0 Å². The Morgan fingerprint density at radius 3 is 2.88 bits per heavy atom. The van der Waals surface area contributed by atoms with Crippen LogP contribution in [0, 0.1) is 11.3 Å². The number of aromatic hydroxyl groups is 1. The molecule has 124 valence electrons. The number of nitriles is 1. The predicted molar refractivity (Wildman–Crippen MR) is 88.1 cm³/mol. The van der Waals surface area contributed by atoms with Gasteiger partial charge in [0, 0.05) is 6.20 Å². The molecule has 0 spiro atoms. The monoisotopic (exact) mass is 335 g/mol. The van der Waals surface area contributed by atoms with Crippen molar-refractivity contribution in [1.82, 2.24) is 9.38 Å². The number of azo groups is 1. The molecular weight excluding hydrogens is 322 g/mol. The molecule has 3 aromatic rings. The summed E-state index contributed by atoms with van der Waals surface area (Å²) in [6.07, 6.45) is 1.59. The topological polar surface area (TPSA) is 112 Å². The van der Waals surface area contributed by atoms with Gasteiger partial charge in [-0.2, -0.15) is 5.26 Å². The van der Waals surface area contributed by atoms with Gasteiger partial charge in [0.05, 0.1) is 12.2 Å². The van der Waals surface area contributed by atoms with E-state index in [9.17, 15) is 9.90 Å². The van der Waals surface area contributed by atoms with Crippen molar-refractivity contribution in [2.45, 2.75) is 6.92 Å². The molecule has 25 heavy (non-hydrogen) atoms. The number of carbonyl (C=O) groups excluding carboxylic acids is 1. The molecular formula is C17H13N5O3. The molecule has 0 atom stereocenters. The summed E-state index contributed by atoms with van der Waals surface area (Å²) in [7, 11) is 0. The van der Waals surface area contributed by atoms with E-state index in [-0.39, 0.29) is 29.5 Å². The molecule has 0 unspecified atom stereocenters. The first-order valence-electron chi connectivity index (χ1n) is 7.43. The van der Waals surface area contributed by atoms with Gasteiger partial charge in [-0.3, -0.25) is 4.40 Å². The number of ether oxygens (including phenoxy) is 1. The molecule has 8 heteroatoms. The lowest BCUT2D eigenvalue weighted by molar-refractivity contribution is 0.0521. The van der Waals surface area contributed by atoms with Crippen molar-refractivity contribution in [3.63, 3.8) is 0 Å². The molecule has 0 aliphatic rings. The van der Waals surface area contributed by atoms with Gasteiger partial charge in [0.25, 0.3) is 0 Å². The van der Waals surface area contributed by atoms with Gasteiger partial charge in [0.1, 0.15) is 11.8 Å². The lowest BCUT2D eigenvalue weighted by Gasteiger charge is -2.00. The van der Waals surface area contributed by atoms with Crippen molar-refractivity contribution in [3.05, 3.63) is 53.9 Å². The molecule has 0 amide bonds. The van der Waals surface area contributed by atoms with Gasteiger partial charge in [-0.15, -0.1) is 10.2 Å². The molecule has 0 saturated carbocycles. The highest BCUT2D eigenvalue weighted by Gasteiger charge is 2.21. The summed E-state index contributed by atoms with van der Waals surface area (Å²) in [4.78, 5) is 16.3. The second kappa shape index (κ2) is 6.80. The maximum absolute atomic E-state index is 12.1. The van der Waals surface area contributed by atoms with Crippen LogP contribution in [0.5, 0.6) is 5.75 Å². The molecule has 0 radical (unpaired) electrons. The van der Waals surface area contributed by atoms with E-state index in [1.807, 2.05) is 6.07 Å². The number of benzene rings is 1. The van der Waals surface area contributed by atoms with Crippen molar-refractivity contribution in [2.24, 2.45) is 10.2 Å². The third kappa shape index (κ3) is 3.03. The first kappa shape index (κ1) is 16.1. The highest BCUT2D eigenvalue weighted by atomic mass is 16.5. The lowest BCUT2D eigenvalue weighted by atomic mass is 10.2. The molecule has 3 rings (SSSR count). The number of rotatable bonds is 4. The Hall–Kier alpha value is -3.73. The molecule has 0 bridgehead atoms. The number of hydrogen-bond donors (Lipinski definition) is 1. The summed E-state index contributed by atoms with van der Waals surface area (Å²) < 4.78 is 6.42. The van der Waals surface area contributed by atoms with Crippen LogP contribution in [-0.4, -0.2) is 27.1 Å². The number of imidazole rings is 1. The second-order valence-electron chi connectivity index (χ2n) is 4.92. The Morgan fingerprint density at radius 2 is 2.12 bits per heavy atom. The number of hydrogen-bond acceptors (Lipinski definition) is 7. The van der Waals surface area contributed by atoms with E-state index in [1.54, 1.807) is 43.5 Å². The largest absolute Gasteiger partial charge is 0.504 e. The van der Waals surface area contributed by atoms with Crippen molar-refractivity contribution in [1.29, 1.82) is 5.26 Å². The number of fused-ring (bicyclic) bond motifs is 1. The van der Waals surface area contributed by atoms with E-state index in [2.05, 4.69) is 15.2 Å². The lowest BCUT2D eigenvalue weighted by Crippen LogP contribution is -2.05. The van der Waals surface area contributed by atoms with Crippen molar-refractivity contribution in [2.75, 3.05) is 6.61 Å². The number of carbonyl (C=O) groups is 1. The van der Waals surface area contributed by atoms with Crippen LogP contribution in [0.2, 0.25) is 0 Å². The quantitative estimate of drug-likeness (QED) is 0.579. The summed E-state index contributed by atoms with van der Waals surface area (Å²) >= 11 is 0. The van der Waals surface area contributed by atoms with Crippen LogP contribution >= 0.6 is 0 Å². The van der Waals surface area contributed by atoms with Crippen LogP contribution in [0.25, 0.3) is 5.65 Å². The SMILES string of the molecule is CCOC(=O)c1nc2c(O)cccn2c1N=Nc1ccccc1C#N. The van der Waals surface area contributed by atoms with Crippen molar-refractivity contribution < 1.29 is 14.6 Å². The van der Waals surface area contributed by atoms with Gasteiger partial charge < -0.3 is 9.84 Å². The normalized spacial score (nSPS) is 10.9. The molecule has 0 fully saturated rings. The van der Waals surface area contributed by atoms with Crippen LogP contribution in [0.1, 0.15) is 23.0 Å². The fourth-order valence-corrected chi connectivity index (χ4v) is 2.23. The standard InChI is InChI=1S/C17H13N5O3/c1-2-25-17(24)14-16(22-9-5-8-13(23)15(22)19-14)21-20-12-7-4-3-6-11(12)10-18/h3-9,23H,2H2,1H3. The number of esters is 1. The molecule has 0 aliphatic heterocycles. The van der Waals surface area contributed by atoms with E-state index in [1.165, 1.54) is 10.5 Å². The third-order valence-corrected chi connectivity index (χ3v) is 3.35. The van der Waals surface area contributed by atoms with E-state index >= 15 is 0 Å². The average molecular weight is 335 g/mol. The van der Waals surface area contributed by atoms with E-state index in [0.29, 0.717) is 11.3 Å². The zero-order valence-electron chi connectivity index (χ0n) is 13.2. The van der Waals surface area contributed by atoms with Crippen molar-refractivity contribution >= 4 is 23.1 Å². The number of pyridine rings is 1. The highest BCUT2D eigenvalue weighted by molar-refractivity contribution is 5.93. The molecule has 1 N–H and O–H groups in total. The first-order chi connectivity index (χ1) is 12.2. The zero-order valence-corrected chi connectivity index (χ0v) is 13.2. The highest BCUT2D eigenvalue weighted by Crippen LogP contribution is 2.29. The van der Waals surface area contributed by atoms with Gasteiger partial charge in [0.2, 0.25) is 0 Å². The molecule has 1 aromatic carbocycles. The summed E-state index contributed by atoms with van der Waals surface area (Å²) in [6, 6.07) is 11.7. The van der Waals surface area contributed by atoms with Crippen LogP contribution in [0.3, 0.4) is 0 Å². The number of nitrogens with zero attached hydrogens (tertiary/aromatic N) is 5. The Kier molecular flexibility index (Phi) is 4.39. The van der Waals surface area contributed by atoms with Crippen LogP contribution in [0.4, 0.5) is 11.5 Å². The molecule has 0 saturated heterocycles. The maximum atomic E-state index is 12.1. The second-order valence-corrected chi connectivity index (χ2v) is 4.92. The maximum Gasteiger partial charge on any atom is 0.360 e. The Bertz CT molecular complexity index is 1020. The summed E-state index contributed by atoms with van der Waals surface area (Å²) in [5.41, 5.74) is 0.796. The smallest absolute Gasteiger partial charge is 0.360 e. The molecule has 0 aliphatic carbocycles. The Morgan fingerprint density at radius 1 is 1.32 bits per heavy atom. The van der Waals surface area contributed by atoms with E-state index < -0.39 is 5.97 Å². The minimum Gasteiger partial charge on any atom is -0.504 e. The Labute approximate surface area is 142 Å². The van der Waals surface area contributed by atoms with Gasteiger partial charge >= 0.3 is 5.97 Å². The van der Waals surface area contributed by atoms with Crippen LogP contribution < -0.4 is 0 Å². The fourth-order valence-electron chi connectivity index (χ4n) is 2.23. The minimum absolute atomic E-state index is 0.0680. The summed E-state index contributed by atoms with van der Waals surface area (Å²) in [5, 5.41) is 27.2. The van der Waals surface area contributed by atoms with Gasteiger partial charge in [-0.05, 0) is 31.2 Å². The molecule has 8 nitrogen and oxygen atoms in total. The van der Waals surface area contributed by atoms with Crippen molar-refractivity contribution in [3.8, 4) is 11.8 Å². The van der Waals surface area contributed by atoms with Gasteiger partial charge in [-0.1, -0.05) is 12.1 Å². The minimum atomic E-state index is -0.673. The van der Waals surface area contributed by atoms with Crippen LogP contribution in [0.15, 0.2) is 52.8 Å². The average Bonchev–Trinajstić information content (AvgIpc) is 3.00.